The fourth-order valence-electron chi connectivity index (χ4n) is 2.22. The number of aryl methyl sites for hydroxylation is 1. The number of carbonyl (C=O) groups is 1. The van der Waals surface area contributed by atoms with Crippen LogP contribution in [0.15, 0.2) is 47.4 Å². The number of amides is 1. The second-order valence-corrected chi connectivity index (χ2v) is 7.19. The van der Waals surface area contributed by atoms with E-state index in [9.17, 15) is 13.2 Å². The van der Waals surface area contributed by atoms with Gasteiger partial charge in [0, 0.05) is 12.2 Å². The molecule has 0 heterocycles. The third-order valence-electron chi connectivity index (χ3n) is 3.53. The molecule has 0 aromatic heterocycles. The zero-order valence-corrected chi connectivity index (χ0v) is 15.7. The van der Waals surface area contributed by atoms with Crippen molar-refractivity contribution in [1.29, 1.82) is 0 Å². The average Bonchev–Trinajstić information content (AvgIpc) is 2.61. The summed E-state index contributed by atoms with van der Waals surface area (Å²) in [4.78, 5) is 11.6. The Kier molecular flexibility index (Phi) is 6.46. The highest BCUT2D eigenvalue weighted by molar-refractivity contribution is 7.92. The van der Waals surface area contributed by atoms with Gasteiger partial charge < -0.3 is 14.8 Å². The van der Waals surface area contributed by atoms with Gasteiger partial charge in [0.15, 0.2) is 6.61 Å². The highest BCUT2D eigenvalue weighted by atomic mass is 32.2. The Hall–Kier alpha value is -2.74. The number of nitrogens with one attached hydrogen (secondary N) is 2. The van der Waals surface area contributed by atoms with Gasteiger partial charge in [-0.25, -0.2) is 8.42 Å². The molecule has 7 nitrogen and oxygen atoms in total. The van der Waals surface area contributed by atoms with Crippen LogP contribution in [0.4, 0.5) is 5.69 Å². The summed E-state index contributed by atoms with van der Waals surface area (Å²) in [7, 11) is -2.20. The van der Waals surface area contributed by atoms with Crippen LogP contribution in [-0.4, -0.2) is 34.6 Å². The molecule has 0 fully saturated rings. The van der Waals surface area contributed by atoms with Gasteiger partial charge >= 0.3 is 0 Å². The first-order valence-electron chi connectivity index (χ1n) is 8.02. The lowest BCUT2D eigenvalue weighted by atomic mass is 10.2. The number of methoxy groups -OCH3 is 1. The van der Waals surface area contributed by atoms with Crippen molar-refractivity contribution in [3.05, 3.63) is 48.0 Å². The van der Waals surface area contributed by atoms with Gasteiger partial charge in [0.1, 0.15) is 11.5 Å². The molecule has 8 heteroatoms. The molecule has 0 aliphatic rings. The van der Waals surface area contributed by atoms with Crippen LogP contribution in [-0.2, 0) is 14.8 Å². The molecule has 0 bridgehead atoms. The quantitative estimate of drug-likeness (QED) is 0.735. The maximum absolute atomic E-state index is 12.5. The highest BCUT2D eigenvalue weighted by Crippen LogP contribution is 2.24. The van der Waals surface area contributed by atoms with E-state index in [1.807, 2.05) is 6.92 Å². The molecule has 0 saturated heterocycles. The molecule has 2 N–H and O–H groups in total. The number of benzene rings is 2. The van der Waals surface area contributed by atoms with Crippen molar-refractivity contribution in [2.45, 2.75) is 18.7 Å². The number of hydrogen-bond acceptors (Lipinski definition) is 5. The minimum atomic E-state index is -3.74. The standard InChI is InChI=1S/C18H22N2O5S/c1-4-19-18(21)12-25-17-10-9-16(11-13(17)2)26(22,23)20-14-5-7-15(24-3)8-6-14/h5-11,20H,4,12H2,1-3H3,(H,19,21). The Morgan fingerprint density at radius 1 is 1.12 bits per heavy atom. The largest absolute Gasteiger partial charge is 0.497 e. The van der Waals surface area contributed by atoms with E-state index >= 15 is 0 Å². The van der Waals surface area contributed by atoms with Gasteiger partial charge in [-0.2, -0.15) is 0 Å². The summed E-state index contributed by atoms with van der Waals surface area (Å²) in [5.74, 6) is 0.863. The van der Waals surface area contributed by atoms with Crippen LogP contribution in [0.25, 0.3) is 0 Å². The van der Waals surface area contributed by atoms with Gasteiger partial charge in [-0.05, 0) is 61.9 Å². The van der Waals surface area contributed by atoms with E-state index in [1.54, 1.807) is 31.2 Å². The van der Waals surface area contributed by atoms with Gasteiger partial charge in [-0.1, -0.05) is 0 Å². The Morgan fingerprint density at radius 2 is 1.81 bits per heavy atom. The van der Waals surface area contributed by atoms with Crippen molar-refractivity contribution in [3.63, 3.8) is 0 Å². The summed E-state index contributed by atoms with van der Waals surface area (Å²) in [6, 6.07) is 11.0. The summed E-state index contributed by atoms with van der Waals surface area (Å²) in [6.45, 7) is 3.94. The lowest BCUT2D eigenvalue weighted by molar-refractivity contribution is -0.122. The number of ether oxygens (including phenoxy) is 2. The summed E-state index contributed by atoms with van der Waals surface area (Å²) in [6.07, 6.45) is 0. The number of anilines is 1. The monoisotopic (exact) mass is 378 g/mol. The summed E-state index contributed by atoms with van der Waals surface area (Å²) >= 11 is 0. The van der Waals surface area contributed by atoms with Crippen molar-refractivity contribution in [1.82, 2.24) is 5.32 Å². The molecule has 2 aromatic carbocycles. The number of sulfonamides is 1. The van der Waals surface area contributed by atoms with Crippen LogP contribution in [0.2, 0.25) is 0 Å². The van der Waals surface area contributed by atoms with Gasteiger partial charge in [0.25, 0.3) is 15.9 Å². The number of carbonyl (C=O) groups excluding carboxylic acids is 1. The van der Waals surface area contributed by atoms with Crippen molar-refractivity contribution in [2.24, 2.45) is 0 Å². The molecule has 2 rings (SSSR count). The maximum Gasteiger partial charge on any atom is 0.261 e. The van der Waals surface area contributed by atoms with E-state index in [0.29, 0.717) is 29.3 Å². The average molecular weight is 378 g/mol. The van der Waals surface area contributed by atoms with Crippen molar-refractivity contribution in [3.8, 4) is 11.5 Å². The summed E-state index contributed by atoms with van der Waals surface area (Å²) in [5, 5.41) is 2.63. The minimum Gasteiger partial charge on any atom is -0.497 e. The molecule has 26 heavy (non-hydrogen) atoms. The third kappa shape index (κ3) is 5.13. The molecule has 0 aliphatic carbocycles. The topological polar surface area (TPSA) is 93.7 Å². The lowest BCUT2D eigenvalue weighted by Gasteiger charge is -2.12. The summed E-state index contributed by atoms with van der Waals surface area (Å²) in [5.41, 5.74) is 1.05. The Bertz CT molecular complexity index is 864. The van der Waals surface area contributed by atoms with Gasteiger partial charge in [0.2, 0.25) is 0 Å². The number of likely N-dealkylation sites (N-methyl/N-ethyl adjacent to an activating group) is 1. The van der Waals surface area contributed by atoms with Crippen LogP contribution in [0.1, 0.15) is 12.5 Å². The van der Waals surface area contributed by atoms with Crippen molar-refractivity contribution < 1.29 is 22.7 Å². The molecule has 0 unspecified atom stereocenters. The lowest BCUT2D eigenvalue weighted by Crippen LogP contribution is -2.28. The van der Waals surface area contributed by atoms with Crippen LogP contribution in [0, 0.1) is 6.92 Å². The molecule has 140 valence electrons. The SMILES string of the molecule is CCNC(=O)COc1ccc(S(=O)(=O)Nc2ccc(OC)cc2)cc1C. The molecular formula is C18H22N2O5S. The summed E-state index contributed by atoms with van der Waals surface area (Å²) < 4.78 is 38.0. The zero-order valence-electron chi connectivity index (χ0n) is 14.9. The van der Waals surface area contributed by atoms with E-state index in [4.69, 9.17) is 9.47 Å². The highest BCUT2D eigenvalue weighted by Gasteiger charge is 2.16. The van der Waals surface area contributed by atoms with E-state index in [1.165, 1.54) is 25.3 Å². The van der Waals surface area contributed by atoms with E-state index in [-0.39, 0.29) is 17.4 Å². The second-order valence-electron chi connectivity index (χ2n) is 5.50. The molecule has 1 amide bonds. The molecule has 2 aromatic rings. The molecule has 0 spiro atoms. The fourth-order valence-corrected chi connectivity index (χ4v) is 3.36. The van der Waals surface area contributed by atoms with Crippen LogP contribution in [0.3, 0.4) is 0 Å². The Morgan fingerprint density at radius 3 is 2.38 bits per heavy atom. The number of rotatable bonds is 8. The minimum absolute atomic E-state index is 0.108. The van der Waals surface area contributed by atoms with E-state index in [0.717, 1.165) is 0 Å². The van der Waals surface area contributed by atoms with Gasteiger partial charge in [-0.15, -0.1) is 0 Å². The third-order valence-corrected chi connectivity index (χ3v) is 4.91. The first-order chi connectivity index (χ1) is 12.4. The Balaban J connectivity index is 2.11. The first-order valence-corrected chi connectivity index (χ1v) is 9.51. The smallest absolute Gasteiger partial charge is 0.261 e. The van der Waals surface area contributed by atoms with Crippen molar-refractivity contribution in [2.75, 3.05) is 25.0 Å². The van der Waals surface area contributed by atoms with Crippen LogP contribution in [0.5, 0.6) is 11.5 Å². The number of hydrogen-bond donors (Lipinski definition) is 2. The van der Waals surface area contributed by atoms with Gasteiger partial charge in [0.05, 0.1) is 12.0 Å². The molecular weight excluding hydrogens is 356 g/mol. The normalized spacial score (nSPS) is 10.9. The van der Waals surface area contributed by atoms with Gasteiger partial charge in [-0.3, -0.25) is 9.52 Å². The van der Waals surface area contributed by atoms with Crippen LogP contribution < -0.4 is 19.5 Å². The fraction of sp³-hybridized carbons (Fsp3) is 0.278. The molecule has 0 radical (unpaired) electrons. The first kappa shape index (κ1) is 19.6. The molecule has 0 saturated carbocycles. The van der Waals surface area contributed by atoms with E-state index < -0.39 is 10.0 Å². The zero-order chi connectivity index (χ0) is 19.2. The predicted molar refractivity (Wildman–Crippen MR) is 99.2 cm³/mol. The van der Waals surface area contributed by atoms with Crippen LogP contribution >= 0.6 is 0 Å². The second kappa shape index (κ2) is 8.57. The molecule has 0 atom stereocenters. The Labute approximate surface area is 153 Å². The van der Waals surface area contributed by atoms with Crippen molar-refractivity contribution >= 4 is 21.6 Å². The van der Waals surface area contributed by atoms with E-state index in [2.05, 4.69) is 10.0 Å². The molecule has 0 aliphatic heterocycles. The predicted octanol–water partition coefficient (Wildman–Crippen LogP) is 2.32. The maximum atomic E-state index is 12.5.